The molecule has 0 aliphatic rings. The van der Waals surface area contributed by atoms with E-state index < -0.39 is 0 Å². The molecule has 0 heterocycles. The first kappa shape index (κ1) is 14.0. The highest BCUT2D eigenvalue weighted by Crippen LogP contribution is 2.11. The predicted molar refractivity (Wildman–Crippen MR) is 76.1 cm³/mol. The number of benzene rings is 1. The van der Waals surface area contributed by atoms with Crippen LogP contribution in [0.25, 0.3) is 0 Å². The van der Waals surface area contributed by atoms with Crippen LogP contribution in [0.3, 0.4) is 0 Å². The molecule has 0 bridgehead atoms. The molecule has 1 aromatic carbocycles. The van der Waals surface area contributed by atoms with Gasteiger partial charge < -0.3 is 10.6 Å². The van der Waals surface area contributed by atoms with Gasteiger partial charge in [-0.1, -0.05) is 26.0 Å². The Kier molecular flexibility index (Phi) is 5.49. The van der Waals surface area contributed by atoms with Crippen LogP contribution in [0, 0.1) is 5.92 Å². The summed E-state index contributed by atoms with van der Waals surface area (Å²) in [5, 5.41) is 0. The normalized spacial score (nSPS) is 13.3. The van der Waals surface area contributed by atoms with E-state index in [2.05, 4.69) is 44.9 Å². The zero-order chi connectivity index (χ0) is 12.8. The lowest BCUT2D eigenvalue weighted by atomic mass is 10.0. The van der Waals surface area contributed by atoms with Crippen LogP contribution in [0.1, 0.15) is 32.8 Å². The van der Waals surface area contributed by atoms with Crippen molar-refractivity contribution in [2.45, 2.75) is 39.7 Å². The average Bonchev–Trinajstić information content (AvgIpc) is 2.27. The molecule has 0 amide bonds. The minimum atomic E-state index is 0.656. The van der Waals surface area contributed by atoms with Crippen LogP contribution in [0.15, 0.2) is 24.3 Å². The molecule has 0 aliphatic carbocycles. The zero-order valence-electron chi connectivity index (χ0n) is 11.6. The van der Waals surface area contributed by atoms with Gasteiger partial charge in [-0.25, -0.2) is 0 Å². The van der Waals surface area contributed by atoms with Crippen molar-refractivity contribution in [3.05, 3.63) is 29.8 Å². The second-order valence-electron chi connectivity index (χ2n) is 5.45. The van der Waals surface area contributed by atoms with Crippen LogP contribution in [-0.2, 0) is 6.42 Å². The fourth-order valence-electron chi connectivity index (χ4n) is 2.07. The van der Waals surface area contributed by atoms with Crippen LogP contribution >= 0.6 is 0 Å². The summed E-state index contributed by atoms with van der Waals surface area (Å²) in [6.45, 7) is 7.98. The van der Waals surface area contributed by atoms with Gasteiger partial charge in [0, 0.05) is 18.3 Å². The van der Waals surface area contributed by atoms with Crippen molar-refractivity contribution in [2.24, 2.45) is 5.92 Å². The van der Waals surface area contributed by atoms with E-state index in [0.717, 1.165) is 24.6 Å². The minimum Gasteiger partial charge on any atom is -0.399 e. The molecule has 0 spiro atoms. The van der Waals surface area contributed by atoms with E-state index in [1.165, 1.54) is 12.0 Å². The Morgan fingerprint density at radius 3 is 2.24 bits per heavy atom. The summed E-state index contributed by atoms with van der Waals surface area (Å²) in [7, 11) is 2.21. The molecule has 2 nitrogen and oxygen atoms in total. The van der Waals surface area contributed by atoms with Gasteiger partial charge in [-0.15, -0.1) is 0 Å². The molecule has 96 valence electrons. The molecule has 1 atom stereocenters. The fraction of sp³-hybridized carbons (Fsp3) is 0.600. The highest BCUT2D eigenvalue weighted by molar-refractivity contribution is 5.39. The van der Waals surface area contributed by atoms with Crippen molar-refractivity contribution in [3.63, 3.8) is 0 Å². The van der Waals surface area contributed by atoms with Gasteiger partial charge in [0.1, 0.15) is 0 Å². The first-order chi connectivity index (χ1) is 7.99. The summed E-state index contributed by atoms with van der Waals surface area (Å²) in [5.41, 5.74) is 7.88. The minimum absolute atomic E-state index is 0.656. The molecule has 2 N–H and O–H groups in total. The molecule has 1 rings (SSSR count). The smallest absolute Gasteiger partial charge is 0.0314 e. The number of nitrogens with two attached hydrogens (primary N) is 1. The summed E-state index contributed by atoms with van der Waals surface area (Å²) in [6.07, 6.45) is 2.36. The zero-order valence-corrected chi connectivity index (χ0v) is 11.6. The van der Waals surface area contributed by atoms with Crippen LogP contribution in [0.2, 0.25) is 0 Å². The van der Waals surface area contributed by atoms with Crippen LogP contribution in [-0.4, -0.2) is 24.5 Å². The highest BCUT2D eigenvalue weighted by atomic mass is 15.1. The number of likely N-dealkylation sites (N-methyl/N-ethyl adjacent to an activating group) is 1. The van der Waals surface area contributed by atoms with E-state index in [1.807, 2.05) is 12.1 Å². The van der Waals surface area contributed by atoms with Gasteiger partial charge in [-0.05, 0) is 50.4 Å². The lowest BCUT2D eigenvalue weighted by Crippen LogP contribution is -2.32. The molecule has 0 radical (unpaired) electrons. The summed E-state index contributed by atoms with van der Waals surface area (Å²) in [6, 6.07) is 8.86. The van der Waals surface area contributed by atoms with E-state index in [0.29, 0.717) is 6.04 Å². The molecular weight excluding hydrogens is 208 g/mol. The molecule has 0 aromatic heterocycles. The van der Waals surface area contributed by atoms with Crippen molar-refractivity contribution >= 4 is 5.69 Å². The molecule has 17 heavy (non-hydrogen) atoms. The number of rotatable bonds is 6. The van der Waals surface area contributed by atoms with Crippen LogP contribution in [0.5, 0.6) is 0 Å². The summed E-state index contributed by atoms with van der Waals surface area (Å²) >= 11 is 0. The number of nitrogens with zero attached hydrogens (tertiary/aromatic N) is 1. The first-order valence-corrected chi connectivity index (χ1v) is 6.53. The quantitative estimate of drug-likeness (QED) is 0.766. The topological polar surface area (TPSA) is 29.3 Å². The molecule has 0 aliphatic heterocycles. The molecule has 0 saturated heterocycles. The van der Waals surface area contributed by atoms with E-state index in [-0.39, 0.29) is 0 Å². The summed E-state index contributed by atoms with van der Waals surface area (Å²) < 4.78 is 0. The van der Waals surface area contributed by atoms with Gasteiger partial charge in [0.15, 0.2) is 0 Å². The van der Waals surface area contributed by atoms with Crippen LogP contribution in [0.4, 0.5) is 5.69 Å². The SMILES string of the molecule is CC(C)CC(C)N(C)CCc1ccc(N)cc1. The van der Waals surface area contributed by atoms with Gasteiger partial charge in [-0.3, -0.25) is 0 Å². The Morgan fingerprint density at radius 1 is 1.12 bits per heavy atom. The Bertz CT molecular complexity index is 316. The Hall–Kier alpha value is -1.02. The average molecular weight is 234 g/mol. The first-order valence-electron chi connectivity index (χ1n) is 6.53. The fourth-order valence-corrected chi connectivity index (χ4v) is 2.07. The maximum absolute atomic E-state index is 5.68. The second kappa shape index (κ2) is 6.65. The third-order valence-electron chi connectivity index (χ3n) is 3.30. The number of hydrogen-bond acceptors (Lipinski definition) is 2. The number of hydrogen-bond donors (Lipinski definition) is 1. The molecule has 2 heteroatoms. The number of anilines is 1. The predicted octanol–water partition coefficient (Wildman–Crippen LogP) is 3.18. The van der Waals surface area contributed by atoms with Gasteiger partial charge in [0.05, 0.1) is 0 Å². The van der Waals surface area contributed by atoms with Gasteiger partial charge in [0.25, 0.3) is 0 Å². The third kappa shape index (κ3) is 5.22. The van der Waals surface area contributed by atoms with Gasteiger partial charge in [-0.2, -0.15) is 0 Å². The van der Waals surface area contributed by atoms with Crippen molar-refractivity contribution < 1.29 is 0 Å². The lowest BCUT2D eigenvalue weighted by molar-refractivity contribution is 0.231. The molecule has 1 unspecified atom stereocenters. The summed E-state index contributed by atoms with van der Waals surface area (Å²) in [5.74, 6) is 0.768. The molecule has 1 aromatic rings. The number of nitrogen functional groups attached to an aromatic ring is 1. The molecular formula is C15H26N2. The van der Waals surface area contributed by atoms with Crippen molar-refractivity contribution in [1.82, 2.24) is 4.90 Å². The largest absolute Gasteiger partial charge is 0.399 e. The van der Waals surface area contributed by atoms with Crippen molar-refractivity contribution in [1.29, 1.82) is 0 Å². The molecule has 0 fully saturated rings. The van der Waals surface area contributed by atoms with E-state index >= 15 is 0 Å². The lowest BCUT2D eigenvalue weighted by Gasteiger charge is -2.26. The Balaban J connectivity index is 2.37. The monoisotopic (exact) mass is 234 g/mol. The van der Waals surface area contributed by atoms with Crippen LogP contribution < -0.4 is 5.73 Å². The van der Waals surface area contributed by atoms with Gasteiger partial charge in [0.2, 0.25) is 0 Å². The van der Waals surface area contributed by atoms with Crippen molar-refractivity contribution in [2.75, 3.05) is 19.3 Å². The Labute approximate surface area is 106 Å². The maximum Gasteiger partial charge on any atom is 0.0314 e. The standard InChI is InChI=1S/C15H26N2/c1-12(2)11-13(3)17(4)10-9-14-5-7-15(16)8-6-14/h5-8,12-13H,9-11,16H2,1-4H3. The van der Waals surface area contributed by atoms with Gasteiger partial charge >= 0.3 is 0 Å². The van der Waals surface area contributed by atoms with Crippen molar-refractivity contribution in [3.8, 4) is 0 Å². The summed E-state index contributed by atoms with van der Waals surface area (Å²) in [4.78, 5) is 2.44. The maximum atomic E-state index is 5.68. The van der Waals surface area contributed by atoms with E-state index in [1.54, 1.807) is 0 Å². The van der Waals surface area contributed by atoms with E-state index in [4.69, 9.17) is 5.73 Å². The highest BCUT2D eigenvalue weighted by Gasteiger charge is 2.10. The third-order valence-corrected chi connectivity index (χ3v) is 3.30. The molecule has 0 saturated carbocycles. The Morgan fingerprint density at radius 2 is 1.71 bits per heavy atom. The van der Waals surface area contributed by atoms with E-state index in [9.17, 15) is 0 Å². The second-order valence-corrected chi connectivity index (χ2v) is 5.45.